The van der Waals surface area contributed by atoms with Gasteiger partial charge in [-0.3, -0.25) is 0 Å². The molecule has 136 valence electrons. The molecule has 1 saturated heterocycles. The molecule has 4 atom stereocenters. The van der Waals surface area contributed by atoms with Gasteiger partial charge in [-0.25, -0.2) is 0 Å². The molecule has 0 saturated carbocycles. The molecule has 3 N–H and O–H groups in total. The molecule has 4 nitrogen and oxygen atoms in total. The quantitative estimate of drug-likeness (QED) is 0.721. The Kier molecular flexibility index (Phi) is 5.98. The van der Waals surface area contributed by atoms with Gasteiger partial charge >= 0.3 is 0 Å². The zero-order valence-electron chi connectivity index (χ0n) is 14.2. The van der Waals surface area contributed by atoms with E-state index in [-0.39, 0.29) is 13.0 Å². The van der Waals surface area contributed by atoms with E-state index in [0.717, 1.165) is 16.7 Å². The molecule has 0 radical (unpaired) electrons. The minimum absolute atomic E-state index is 0.205. The molecule has 26 heavy (non-hydrogen) atoms. The van der Waals surface area contributed by atoms with Crippen LogP contribution in [0.15, 0.2) is 42.5 Å². The van der Waals surface area contributed by atoms with E-state index in [2.05, 4.69) is 5.92 Å². The molecule has 0 spiro atoms. The van der Waals surface area contributed by atoms with Crippen molar-refractivity contribution in [2.24, 2.45) is 0 Å². The summed E-state index contributed by atoms with van der Waals surface area (Å²) in [6.45, 7) is -0.206. The summed E-state index contributed by atoms with van der Waals surface area (Å²) >= 11 is 6.34. The van der Waals surface area contributed by atoms with E-state index in [1.165, 1.54) is 0 Å². The van der Waals surface area contributed by atoms with Crippen molar-refractivity contribution >= 4 is 11.6 Å². The van der Waals surface area contributed by atoms with Crippen LogP contribution in [-0.4, -0.2) is 40.2 Å². The summed E-state index contributed by atoms with van der Waals surface area (Å²) in [6.07, 6.45) is 2.97. The highest BCUT2D eigenvalue weighted by Crippen LogP contribution is 2.34. The number of ether oxygens (including phenoxy) is 1. The molecule has 2 aromatic rings. The lowest BCUT2D eigenvalue weighted by atomic mass is 9.91. The first kappa shape index (κ1) is 18.9. The van der Waals surface area contributed by atoms with Crippen molar-refractivity contribution in [3.8, 4) is 12.3 Å². The number of terminal acetylenes is 1. The molecule has 0 aromatic heterocycles. The van der Waals surface area contributed by atoms with Gasteiger partial charge in [0.1, 0.15) is 12.2 Å². The molecule has 2 aromatic carbocycles. The van der Waals surface area contributed by atoms with Gasteiger partial charge in [0.05, 0.1) is 18.8 Å². The van der Waals surface area contributed by atoms with Gasteiger partial charge in [-0.1, -0.05) is 41.8 Å². The summed E-state index contributed by atoms with van der Waals surface area (Å²) < 4.78 is 5.75. The van der Waals surface area contributed by atoms with E-state index in [1.54, 1.807) is 12.1 Å². The van der Waals surface area contributed by atoms with E-state index in [9.17, 15) is 15.3 Å². The SMILES string of the molecule is C#Cc1ccc(Cc2cc([C@@H]3O[C@H](CO)C[C@H](O)[C@H]3O)ccc2Cl)cc1. The van der Waals surface area contributed by atoms with Gasteiger partial charge < -0.3 is 20.1 Å². The molecular weight excluding hydrogens is 352 g/mol. The standard InChI is InChI=1S/C21H21ClO4/c1-2-13-3-5-14(6-4-13)9-16-10-15(7-8-18(16)22)21-20(25)19(24)11-17(12-23)26-21/h1,3-8,10,17,19-21,23-25H,9,11-12H2/t17-,19-,20+,21-/m0/s1. The highest BCUT2D eigenvalue weighted by atomic mass is 35.5. The third kappa shape index (κ3) is 4.09. The molecule has 1 aliphatic heterocycles. The van der Waals surface area contributed by atoms with Gasteiger partial charge in [-0.05, 0) is 41.3 Å². The van der Waals surface area contributed by atoms with Crippen LogP contribution >= 0.6 is 11.6 Å². The minimum atomic E-state index is -1.05. The van der Waals surface area contributed by atoms with Gasteiger partial charge in [0, 0.05) is 17.0 Å². The fourth-order valence-corrected chi connectivity index (χ4v) is 3.38. The van der Waals surface area contributed by atoms with Crippen LogP contribution < -0.4 is 0 Å². The maximum atomic E-state index is 10.3. The smallest absolute Gasteiger partial charge is 0.111 e. The summed E-state index contributed by atoms with van der Waals surface area (Å²) in [7, 11) is 0. The number of aliphatic hydroxyl groups is 3. The van der Waals surface area contributed by atoms with Gasteiger partial charge in [-0.2, -0.15) is 0 Å². The van der Waals surface area contributed by atoms with Crippen molar-refractivity contribution < 1.29 is 20.1 Å². The fraction of sp³-hybridized carbons (Fsp3) is 0.333. The highest BCUT2D eigenvalue weighted by Gasteiger charge is 2.37. The average Bonchev–Trinajstić information content (AvgIpc) is 2.66. The van der Waals surface area contributed by atoms with E-state index in [4.69, 9.17) is 22.8 Å². The van der Waals surface area contributed by atoms with Gasteiger partial charge in [-0.15, -0.1) is 6.42 Å². The predicted molar refractivity (Wildman–Crippen MR) is 100.0 cm³/mol. The first-order valence-electron chi connectivity index (χ1n) is 8.48. The molecular formula is C21H21ClO4. The Bertz CT molecular complexity index is 797. The Morgan fingerprint density at radius 1 is 1.15 bits per heavy atom. The van der Waals surface area contributed by atoms with Gasteiger partial charge in [0.25, 0.3) is 0 Å². The maximum Gasteiger partial charge on any atom is 0.111 e. The van der Waals surface area contributed by atoms with Crippen molar-refractivity contribution in [3.63, 3.8) is 0 Å². The topological polar surface area (TPSA) is 69.9 Å². The van der Waals surface area contributed by atoms with Gasteiger partial charge in [0.15, 0.2) is 0 Å². The lowest BCUT2D eigenvalue weighted by Crippen LogP contribution is -2.44. The number of hydrogen-bond donors (Lipinski definition) is 3. The van der Waals surface area contributed by atoms with Crippen LogP contribution in [0.3, 0.4) is 0 Å². The van der Waals surface area contributed by atoms with Crippen molar-refractivity contribution in [3.05, 3.63) is 69.7 Å². The molecule has 0 unspecified atom stereocenters. The predicted octanol–water partition coefficient (Wildman–Crippen LogP) is 2.46. The van der Waals surface area contributed by atoms with Crippen LogP contribution in [0.25, 0.3) is 0 Å². The third-order valence-electron chi connectivity index (χ3n) is 4.66. The van der Waals surface area contributed by atoms with Crippen LogP contribution in [0, 0.1) is 12.3 Å². The van der Waals surface area contributed by atoms with E-state index < -0.39 is 24.4 Å². The summed E-state index contributed by atoms with van der Waals surface area (Å²) in [4.78, 5) is 0. The van der Waals surface area contributed by atoms with Crippen molar-refractivity contribution in [1.82, 2.24) is 0 Å². The fourth-order valence-electron chi connectivity index (χ4n) is 3.19. The van der Waals surface area contributed by atoms with E-state index in [1.807, 2.05) is 30.3 Å². The van der Waals surface area contributed by atoms with Crippen LogP contribution in [-0.2, 0) is 11.2 Å². The molecule has 0 amide bonds. The summed E-state index contributed by atoms with van der Waals surface area (Å²) in [5.41, 5.74) is 3.47. The monoisotopic (exact) mass is 372 g/mol. The van der Waals surface area contributed by atoms with Crippen LogP contribution in [0.1, 0.15) is 34.8 Å². The van der Waals surface area contributed by atoms with Crippen LogP contribution in [0.2, 0.25) is 5.02 Å². The first-order chi connectivity index (χ1) is 12.5. The zero-order valence-corrected chi connectivity index (χ0v) is 14.9. The molecule has 0 bridgehead atoms. The molecule has 1 aliphatic rings. The van der Waals surface area contributed by atoms with Crippen molar-refractivity contribution in [1.29, 1.82) is 0 Å². The second-order valence-corrected chi connectivity index (χ2v) is 6.93. The van der Waals surface area contributed by atoms with Crippen molar-refractivity contribution in [2.45, 2.75) is 37.3 Å². The Morgan fingerprint density at radius 2 is 1.88 bits per heavy atom. The molecule has 0 aliphatic carbocycles. The minimum Gasteiger partial charge on any atom is -0.394 e. The third-order valence-corrected chi connectivity index (χ3v) is 5.03. The summed E-state index contributed by atoms with van der Waals surface area (Å²) in [5.74, 6) is 2.59. The lowest BCUT2D eigenvalue weighted by Gasteiger charge is -2.37. The largest absolute Gasteiger partial charge is 0.394 e. The molecule has 1 fully saturated rings. The second kappa shape index (κ2) is 8.22. The number of hydrogen-bond acceptors (Lipinski definition) is 4. The molecule has 1 heterocycles. The average molecular weight is 373 g/mol. The highest BCUT2D eigenvalue weighted by molar-refractivity contribution is 6.31. The maximum absolute atomic E-state index is 10.3. The first-order valence-corrected chi connectivity index (χ1v) is 8.86. The Morgan fingerprint density at radius 3 is 2.54 bits per heavy atom. The summed E-state index contributed by atoms with van der Waals surface area (Å²) in [6, 6.07) is 13.1. The summed E-state index contributed by atoms with van der Waals surface area (Å²) in [5, 5.41) is 30.3. The van der Waals surface area contributed by atoms with E-state index >= 15 is 0 Å². The van der Waals surface area contributed by atoms with Crippen LogP contribution in [0.5, 0.6) is 0 Å². The number of halogens is 1. The normalized spacial score (nSPS) is 25.7. The van der Waals surface area contributed by atoms with Crippen LogP contribution in [0.4, 0.5) is 0 Å². The lowest BCUT2D eigenvalue weighted by molar-refractivity contribution is -0.179. The van der Waals surface area contributed by atoms with E-state index in [0.29, 0.717) is 17.0 Å². The Hall–Kier alpha value is -1.87. The van der Waals surface area contributed by atoms with Crippen molar-refractivity contribution in [2.75, 3.05) is 6.61 Å². The number of aliphatic hydroxyl groups excluding tert-OH is 3. The molecule has 5 heteroatoms. The Labute approximate surface area is 158 Å². The van der Waals surface area contributed by atoms with Gasteiger partial charge in [0.2, 0.25) is 0 Å². The number of benzene rings is 2. The Balaban J connectivity index is 1.85. The second-order valence-electron chi connectivity index (χ2n) is 6.52. The number of rotatable bonds is 4. The zero-order chi connectivity index (χ0) is 18.7. The molecule has 3 rings (SSSR count).